The summed E-state index contributed by atoms with van der Waals surface area (Å²) in [7, 11) is 0. The highest BCUT2D eigenvalue weighted by Crippen LogP contribution is 2.08. The van der Waals surface area contributed by atoms with Gasteiger partial charge in [-0.1, -0.05) is 6.92 Å². The van der Waals surface area contributed by atoms with Crippen LogP contribution >= 0.6 is 0 Å². The van der Waals surface area contributed by atoms with Crippen molar-refractivity contribution in [3.8, 4) is 0 Å². The minimum absolute atomic E-state index is 0.201. The molecule has 0 saturated carbocycles. The second kappa shape index (κ2) is 6.02. The van der Waals surface area contributed by atoms with Gasteiger partial charge in [0.25, 0.3) is 0 Å². The van der Waals surface area contributed by atoms with Gasteiger partial charge < -0.3 is 10.3 Å². The van der Waals surface area contributed by atoms with Crippen molar-refractivity contribution >= 4 is 0 Å². The molecular formula is C14H23N5. The van der Waals surface area contributed by atoms with Gasteiger partial charge >= 0.3 is 0 Å². The lowest BCUT2D eigenvalue weighted by Crippen LogP contribution is -2.21. The van der Waals surface area contributed by atoms with E-state index in [9.17, 15) is 0 Å². The molecule has 2 N–H and O–H groups in total. The van der Waals surface area contributed by atoms with Crippen LogP contribution in [-0.4, -0.2) is 25.4 Å². The summed E-state index contributed by atoms with van der Waals surface area (Å²) in [6.07, 6.45) is 5.78. The van der Waals surface area contributed by atoms with Gasteiger partial charge in [0.1, 0.15) is 0 Å². The summed E-state index contributed by atoms with van der Waals surface area (Å²) >= 11 is 0. The molecule has 0 aromatic carbocycles. The predicted octanol–water partition coefficient (Wildman–Crippen LogP) is 1.74. The van der Waals surface area contributed by atoms with E-state index in [1.54, 1.807) is 0 Å². The molecule has 2 aromatic rings. The lowest BCUT2D eigenvalue weighted by atomic mass is 10.1. The van der Waals surface area contributed by atoms with Crippen LogP contribution in [0.5, 0.6) is 0 Å². The van der Waals surface area contributed by atoms with E-state index in [0.29, 0.717) is 0 Å². The molecule has 0 fully saturated rings. The normalized spacial score (nSPS) is 12.8. The zero-order valence-corrected chi connectivity index (χ0v) is 12.0. The van der Waals surface area contributed by atoms with E-state index in [1.807, 2.05) is 17.9 Å². The maximum atomic E-state index is 5.95. The molecule has 0 saturated heterocycles. The summed E-state index contributed by atoms with van der Waals surface area (Å²) in [5.41, 5.74) is 9.29. The SMILES string of the molecule is CCC(N)Cc1cn(Cc2cc(C)nn2CC)cn1. The van der Waals surface area contributed by atoms with Crippen molar-refractivity contribution in [1.29, 1.82) is 0 Å². The molecule has 104 valence electrons. The summed E-state index contributed by atoms with van der Waals surface area (Å²) in [6, 6.07) is 2.33. The second-order valence-corrected chi connectivity index (χ2v) is 5.00. The smallest absolute Gasteiger partial charge is 0.0953 e. The van der Waals surface area contributed by atoms with Gasteiger partial charge in [0, 0.05) is 25.2 Å². The van der Waals surface area contributed by atoms with Crippen LogP contribution in [0, 0.1) is 6.92 Å². The van der Waals surface area contributed by atoms with Crippen LogP contribution in [-0.2, 0) is 19.5 Å². The van der Waals surface area contributed by atoms with Crippen molar-refractivity contribution in [2.45, 2.75) is 52.7 Å². The molecule has 5 nitrogen and oxygen atoms in total. The third-order valence-electron chi connectivity index (χ3n) is 3.31. The van der Waals surface area contributed by atoms with E-state index in [-0.39, 0.29) is 6.04 Å². The van der Waals surface area contributed by atoms with Crippen molar-refractivity contribution < 1.29 is 0 Å². The first-order chi connectivity index (χ1) is 9.12. The van der Waals surface area contributed by atoms with Crippen molar-refractivity contribution in [2.24, 2.45) is 5.73 Å². The average molecular weight is 261 g/mol. The zero-order valence-electron chi connectivity index (χ0n) is 12.0. The van der Waals surface area contributed by atoms with E-state index < -0.39 is 0 Å². The Bertz CT molecular complexity index is 526. The fourth-order valence-corrected chi connectivity index (χ4v) is 2.20. The lowest BCUT2D eigenvalue weighted by Gasteiger charge is -2.06. The highest BCUT2D eigenvalue weighted by Gasteiger charge is 2.07. The second-order valence-electron chi connectivity index (χ2n) is 5.00. The van der Waals surface area contributed by atoms with Crippen LogP contribution in [0.3, 0.4) is 0 Å². The quantitative estimate of drug-likeness (QED) is 0.861. The first kappa shape index (κ1) is 13.8. The molecule has 0 amide bonds. The molecular weight excluding hydrogens is 238 g/mol. The summed E-state index contributed by atoms with van der Waals surface area (Å²) in [4.78, 5) is 4.42. The highest BCUT2D eigenvalue weighted by atomic mass is 15.3. The highest BCUT2D eigenvalue weighted by molar-refractivity contribution is 5.10. The van der Waals surface area contributed by atoms with Gasteiger partial charge in [-0.2, -0.15) is 5.10 Å². The number of rotatable bonds is 6. The molecule has 5 heteroatoms. The largest absolute Gasteiger partial charge is 0.331 e. The Morgan fingerprint density at radius 3 is 2.84 bits per heavy atom. The molecule has 2 aromatic heterocycles. The van der Waals surface area contributed by atoms with Gasteiger partial charge in [0.05, 0.1) is 30.0 Å². The van der Waals surface area contributed by atoms with Crippen molar-refractivity contribution in [3.05, 3.63) is 35.7 Å². The van der Waals surface area contributed by atoms with Crippen LogP contribution in [0.1, 0.15) is 37.4 Å². The maximum Gasteiger partial charge on any atom is 0.0953 e. The Labute approximate surface area is 114 Å². The monoisotopic (exact) mass is 261 g/mol. The van der Waals surface area contributed by atoms with E-state index in [4.69, 9.17) is 5.73 Å². The molecule has 0 spiro atoms. The Morgan fingerprint density at radius 1 is 1.37 bits per heavy atom. The number of nitrogens with two attached hydrogens (primary N) is 1. The van der Waals surface area contributed by atoms with E-state index in [0.717, 1.165) is 37.3 Å². The number of hydrogen-bond donors (Lipinski definition) is 1. The van der Waals surface area contributed by atoms with Crippen molar-refractivity contribution in [1.82, 2.24) is 19.3 Å². The first-order valence-electron chi connectivity index (χ1n) is 6.92. The number of aryl methyl sites for hydroxylation is 2. The predicted molar refractivity (Wildman–Crippen MR) is 75.9 cm³/mol. The summed E-state index contributed by atoms with van der Waals surface area (Å²) in [5.74, 6) is 0. The molecule has 0 aliphatic carbocycles. The zero-order chi connectivity index (χ0) is 13.8. The Balaban J connectivity index is 2.07. The third-order valence-corrected chi connectivity index (χ3v) is 3.31. The molecule has 19 heavy (non-hydrogen) atoms. The fraction of sp³-hybridized carbons (Fsp3) is 0.571. The van der Waals surface area contributed by atoms with Gasteiger partial charge in [0.2, 0.25) is 0 Å². The van der Waals surface area contributed by atoms with Gasteiger partial charge in [-0.05, 0) is 26.3 Å². The molecule has 2 rings (SSSR count). The number of aromatic nitrogens is 4. The molecule has 1 atom stereocenters. The minimum Gasteiger partial charge on any atom is -0.331 e. The van der Waals surface area contributed by atoms with Gasteiger partial charge in [-0.15, -0.1) is 0 Å². The van der Waals surface area contributed by atoms with Crippen LogP contribution in [0.25, 0.3) is 0 Å². The number of imidazole rings is 1. The van der Waals surface area contributed by atoms with Crippen molar-refractivity contribution in [3.63, 3.8) is 0 Å². The van der Waals surface area contributed by atoms with Gasteiger partial charge in [-0.3, -0.25) is 4.68 Å². The van der Waals surface area contributed by atoms with E-state index >= 15 is 0 Å². The minimum atomic E-state index is 0.201. The summed E-state index contributed by atoms with van der Waals surface area (Å²) < 4.78 is 4.13. The average Bonchev–Trinajstić information content (AvgIpc) is 2.96. The van der Waals surface area contributed by atoms with Crippen LogP contribution in [0.15, 0.2) is 18.6 Å². The Kier molecular flexibility index (Phi) is 4.37. The van der Waals surface area contributed by atoms with E-state index in [1.165, 1.54) is 5.69 Å². The lowest BCUT2D eigenvalue weighted by molar-refractivity contribution is 0.596. The van der Waals surface area contributed by atoms with Crippen molar-refractivity contribution in [2.75, 3.05) is 0 Å². The Hall–Kier alpha value is -1.62. The fourth-order valence-electron chi connectivity index (χ4n) is 2.20. The van der Waals surface area contributed by atoms with Crippen LogP contribution in [0.2, 0.25) is 0 Å². The Morgan fingerprint density at radius 2 is 2.16 bits per heavy atom. The molecule has 2 heterocycles. The summed E-state index contributed by atoms with van der Waals surface area (Å²) in [6.45, 7) is 7.93. The van der Waals surface area contributed by atoms with Crippen LogP contribution in [0.4, 0.5) is 0 Å². The summed E-state index contributed by atoms with van der Waals surface area (Å²) in [5, 5.41) is 4.46. The third kappa shape index (κ3) is 3.44. The van der Waals surface area contributed by atoms with Crippen LogP contribution < -0.4 is 5.73 Å². The number of hydrogen-bond acceptors (Lipinski definition) is 3. The molecule has 0 bridgehead atoms. The van der Waals surface area contributed by atoms with Gasteiger partial charge in [-0.25, -0.2) is 4.98 Å². The molecule has 0 aliphatic rings. The van der Waals surface area contributed by atoms with Gasteiger partial charge in [0.15, 0.2) is 0 Å². The maximum absolute atomic E-state index is 5.95. The topological polar surface area (TPSA) is 61.7 Å². The molecule has 0 aliphatic heterocycles. The van der Waals surface area contributed by atoms with E-state index in [2.05, 4.69) is 40.8 Å². The standard InChI is InChI=1S/C14H23N5/c1-4-12(15)7-13-8-18(10-16-13)9-14-6-11(3)17-19(14)5-2/h6,8,10,12H,4-5,7,9,15H2,1-3H3. The molecule has 0 radical (unpaired) electrons. The first-order valence-corrected chi connectivity index (χ1v) is 6.92. The number of nitrogens with zero attached hydrogens (tertiary/aromatic N) is 4. The molecule has 1 unspecified atom stereocenters.